The Hall–Kier alpha value is -2.14. The average Bonchev–Trinajstić information content (AvgIpc) is 2.61. The number of hydrogen-bond acceptors (Lipinski definition) is 4. The van der Waals surface area contributed by atoms with E-state index in [0.717, 1.165) is 46.2 Å². The molecule has 3 aromatic rings. The van der Waals surface area contributed by atoms with E-state index < -0.39 is 0 Å². The second-order valence-corrected chi connectivity index (χ2v) is 5.95. The van der Waals surface area contributed by atoms with Gasteiger partial charge in [-0.2, -0.15) is 5.10 Å². The minimum absolute atomic E-state index is 0.305. The van der Waals surface area contributed by atoms with Gasteiger partial charge >= 0.3 is 0 Å². The summed E-state index contributed by atoms with van der Waals surface area (Å²) in [5.74, 6) is 0. The predicted octanol–water partition coefficient (Wildman–Crippen LogP) is 4.97. The van der Waals surface area contributed by atoms with Gasteiger partial charge < -0.3 is 0 Å². The molecule has 23 heavy (non-hydrogen) atoms. The van der Waals surface area contributed by atoms with Crippen LogP contribution >= 0.6 is 12.2 Å². The van der Waals surface area contributed by atoms with Crippen LogP contribution in [-0.4, -0.2) is 19.7 Å². The van der Waals surface area contributed by atoms with Crippen molar-refractivity contribution in [3.05, 3.63) is 47.4 Å². The molecule has 0 aliphatic heterocycles. The summed E-state index contributed by atoms with van der Waals surface area (Å²) in [4.78, 5) is 8.96. The fraction of sp³-hybridized carbons (Fsp3) is 0.333. The Morgan fingerprint density at radius 3 is 2.61 bits per heavy atom. The molecule has 4 nitrogen and oxygen atoms in total. The van der Waals surface area contributed by atoms with Crippen molar-refractivity contribution < 1.29 is 0 Å². The van der Waals surface area contributed by atoms with Gasteiger partial charge in [0.15, 0.2) is 0 Å². The summed E-state index contributed by atoms with van der Waals surface area (Å²) in [6.45, 7) is 4.37. The maximum absolute atomic E-state index is 5.70. The van der Waals surface area contributed by atoms with E-state index in [1.165, 1.54) is 0 Å². The molecule has 3 rings (SSSR count). The standard InChI is InChI=1S/C18H20N4S/c1-3-8-13(4-2)22-18(23)14-9-7-12-20-16(14)17(21-22)15-10-5-6-11-19-15/h5-7,9-13H,3-4,8H2,1-2H3. The van der Waals surface area contributed by atoms with E-state index in [9.17, 15) is 0 Å². The second-order valence-electron chi connectivity index (χ2n) is 5.56. The van der Waals surface area contributed by atoms with Crippen LogP contribution in [0.5, 0.6) is 0 Å². The number of hydrogen-bond donors (Lipinski definition) is 0. The van der Waals surface area contributed by atoms with Crippen molar-refractivity contribution in [2.24, 2.45) is 0 Å². The van der Waals surface area contributed by atoms with E-state index in [1.807, 2.05) is 35.0 Å². The Morgan fingerprint density at radius 2 is 1.91 bits per heavy atom. The molecule has 0 radical (unpaired) electrons. The summed E-state index contributed by atoms with van der Waals surface area (Å²) in [6, 6.07) is 10.1. The van der Waals surface area contributed by atoms with Gasteiger partial charge in [0.1, 0.15) is 15.9 Å². The molecule has 0 spiro atoms. The van der Waals surface area contributed by atoms with Crippen LogP contribution in [0.1, 0.15) is 39.2 Å². The molecule has 118 valence electrons. The quantitative estimate of drug-likeness (QED) is 0.621. The lowest BCUT2D eigenvalue weighted by Gasteiger charge is -2.19. The number of aromatic nitrogens is 4. The van der Waals surface area contributed by atoms with Crippen LogP contribution in [0, 0.1) is 4.64 Å². The monoisotopic (exact) mass is 324 g/mol. The molecule has 0 bridgehead atoms. The van der Waals surface area contributed by atoms with Gasteiger partial charge in [0.25, 0.3) is 0 Å². The molecular weight excluding hydrogens is 304 g/mol. The van der Waals surface area contributed by atoms with Crippen molar-refractivity contribution in [2.45, 2.75) is 39.2 Å². The zero-order valence-corrected chi connectivity index (χ0v) is 14.3. The first-order valence-electron chi connectivity index (χ1n) is 8.05. The summed E-state index contributed by atoms with van der Waals surface area (Å²) in [6.07, 6.45) is 6.72. The number of rotatable bonds is 5. The van der Waals surface area contributed by atoms with Crippen molar-refractivity contribution >= 4 is 23.1 Å². The van der Waals surface area contributed by atoms with Crippen LogP contribution in [0.4, 0.5) is 0 Å². The molecule has 1 atom stereocenters. The molecule has 3 aromatic heterocycles. The Balaban J connectivity index is 2.31. The highest BCUT2D eigenvalue weighted by atomic mass is 32.1. The predicted molar refractivity (Wildman–Crippen MR) is 95.8 cm³/mol. The van der Waals surface area contributed by atoms with Crippen LogP contribution < -0.4 is 0 Å². The van der Waals surface area contributed by atoms with Gasteiger partial charge in [-0.3, -0.25) is 14.6 Å². The third-order valence-electron chi connectivity index (χ3n) is 4.02. The van der Waals surface area contributed by atoms with Gasteiger partial charge in [-0.05, 0) is 37.1 Å². The minimum atomic E-state index is 0.305. The van der Waals surface area contributed by atoms with Crippen LogP contribution in [0.3, 0.4) is 0 Å². The molecule has 0 saturated carbocycles. The van der Waals surface area contributed by atoms with Crippen molar-refractivity contribution in [2.75, 3.05) is 0 Å². The molecule has 0 amide bonds. The Labute approximate surface area is 141 Å². The van der Waals surface area contributed by atoms with Crippen molar-refractivity contribution in [3.8, 4) is 11.4 Å². The van der Waals surface area contributed by atoms with Gasteiger partial charge in [-0.15, -0.1) is 0 Å². The van der Waals surface area contributed by atoms with Crippen molar-refractivity contribution in [1.29, 1.82) is 0 Å². The molecule has 1 unspecified atom stereocenters. The van der Waals surface area contributed by atoms with Gasteiger partial charge in [-0.1, -0.05) is 38.6 Å². The number of pyridine rings is 2. The number of nitrogens with zero attached hydrogens (tertiary/aromatic N) is 4. The SMILES string of the molecule is CCCC(CC)n1nc(-c2ccccn2)c2ncccc2c1=S. The van der Waals surface area contributed by atoms with Gasteiger partial charge in [-0.25, -0.2) is 0 Å². The summed E-state index contributed by atoms with van der Waals surface area (Å²) in [5.41, 5.74) is 2.44. The molecule has 0 aliphatic carbocycles. The first kappa shape index (κ1) is 15.7. The molecule has 3 heterocycles. The molecule has 0 aromatic carbocycles. The lowest BCUT2D eigenvalue weighted by Crippen LogP contribution is -2.15. The zero-order valence-electron chi connectivity index (χ0n) is 13.4. The van der Waals surface area contributed by atoms with Gasteiger partial charge in [0.05, 0.1) is 11.7 Å². The normalized spacial score (nSPS) is 12.4. The molecular formula is C18H20N4S. The third kappa shape index (κ3) is 3.01. The topological polar surface area (TPSA) is 43.6 Å². The highest BCUT2D eigenvalue weighted by Crippen LogP contribution is 2.27. The van der Waals surface area contributed by atoms with E-state index in [0.29, 0.717) is 6.04 Å². The largest absolute Gasteiger partial charge is 0.254 e. The van der Waals surface area contributed by atoms with E-state index in [4.69, 9.17) is 17.3 Å². The highest BCUT2D eigenvalue weighted by molar-refractivity contribution is 7.71. The van der Waals surface area contributed by atoms with E-state index in [1.54, 1.807) is 12.4 Å². The molecule has 5 heteroatoms. The Bertz CT molecular complexity index is 858. The summed E-state index contributed by atoms with van der Waals surface area (Å²) in [5, 5.41) is 5.81. The Morgan fingerprint density at radius 1 is 1.09 bits per heavy atom. The Kier molecular flexibility index (Phi) is 4.76. The fourth-order valence-electron chi connectivity index (χ4n) is 2.85. The summed E-state index contributed by atoms with van der Waals surface area (Å²) < 4.78 is 2.75. The fourth-order valence-corrected chi connectivity index (χ4v) is 3.20. The first-order chi connectivity index (χ1) is 11.3. The molecule has 0 aliphatic rings. The maximum Gasteiger partial charge on any atom is 0.136 e. The van der Waals surface area contributed by atoms with E-state index >= 15 is 0 Å². The minimum Gasteiger partial charge on any atom is -0.254 e. The summed E-state index contributed by atoms with van der Waals surface area (Å²) in [7, 11) is 0. The molecule has 0 N–H and O–H groups in total. The first-order valence-corrected chi connectivity index (χ1v) is 8.46. The molecule has 0 fully saturated rings. The average molecular weight is 324 g/mol. The highest BCUT2D eigenvalue weighted by Gasteiger charge is 2.16. The van der Waals surface area contributed by atoms with E-state index in [-0.39, 0.29) is 0 Å². The van der Waals surface area contributed by atoms with Crippen LogP contribution in [-0.2, 0) is 0 Å². The zero-order chi connectivity index (χ0) is 16.2. The van der Waals surface area contributed by atoms with Crippen LogP contribution in [0.25, 0.3) is 22.3 Å². The van der Waals surface area contributed by atoms with Gasteiger partial charge in [0.2, 0.25) is 0 Å². The van der Waals surface area contributed by atoms with Crippen LogP contribution in [0.15, 0.2) is 42.7 Å². The maximum atomic E-state index is 5.70. The lowest BCUT2D eigenvalue weighted by atomic mass is 10.1. The lowest BCUT2D eigenvalue weighted by molar-refractivity contribution is 0.401. The van der Waals surface area contributed by atoms with Crippen molar-refractivity contribution in [3.63, 3.8) is 0 Å². The number of fused-ring (bicyclic) bond motifs is 1. The second kappa shape index (κ2) is 6.96. The van der Waals surface area contributed by atoms with Crippen LogP contribution in [0.2, 0.25) is 0 Å². The van der Waals surface area contributed by atoms with E-state index in [2.05, 4.69) is 23.8 Å². The smallest absolute Gasteiger partial charge is 0.136 e. The van der Waals surface area contributed by atoms with Crippen molar-refractivity contribution in [1.82, 2.24) is 19.7 Å². The summed E-state index contributed by atoms with van der Waals surface area (Å²) >= 11 is 5.70. The van der Waals surface area contributed by atoms with Gasteiger partial charge in [0, 0.05) is 17.8 Å². The molecule has 0 saturated heterocycles. The third-order valence-corrected chi connectivity index (χ3v) is 4.43.